The zero-order valence-electron chi connectivity index (χ0n) is 10.6. The van der Waals surface area contributed by atoms with Gasteiger partial charge < -0.3 is 5.32 Å². The molecule has 1 aromatic rings. The first kappa shape index (κ1) is 15.8. The molecule has 108 valence electrons. The molecule has 4 N–H and O–H groups in total. The van der Waals surface area contributed by atoms with E-state index in [2.05, 4.69) is 15.3 Å². The van der Waals surface area contributed by atoms with Gasteiger partial charge >= 0.3 is 6.18 Å². The third-order valence-corrected chi connectivity index (χ3v) is 3.09. The summed E-state index contributed by atoms with van der Waals surface area (Å²) in [4.78, 5) is 7.15. The zero-order valence-corrected chi connectivity index (χ0v) is 11.4. The first-order valence-electron chi connectivity index (χ1n) is 5.59. The van der Waals surface area contributed by atoms with Crippen LogP contribution in [0.25, 0.3) is 0 Å². The van der Waals surface area contributed by atoms with Gasteiger partial charge in [-0.3, -0.25) is 5.43 Å². The van der Waals surface area contributed by atoms with Gasteiger partial charge in [-0.15, -0.1) is 0 Å². The molecule has 0 aromatic carbocycles. The summed E-state index contributed by atoms with van der Waals surface area (Å²) >= 11 is 1.60. The van der Waals surface area contributed by atoms with E-state index in [1.807, 2.05) is 18.6 Å². The molecule has 1 unspecified atom stereocenters. The number of anilines is 2. The molecular formula is C10H16F3N5S. The monoisotopic (exact) mass is 295 g/mol. The summed E-state index contributed by atoms with van der Waals surface area (Å²) in [6.07, 6.45) is -1.83. The average Bonchev–Trinajstić information content (AvgIpc) is 2.36. The van der Waals surface area contributed by atoms with Gasteiger partial charge in [-0.25, -0.2) is 10.8 Å². The van der Waals surface area contributed by atoms with E-state index in [9.17, 15) is 13.2 Å². The standard InChI is InChI=1S/C10H16F3N5S/c1-3-6(5-19-2)15-8-4-7(10(11,12)13)16-9(17-8)18-14/h4,6H,3,5,14H2,1-2H3,(H2,15,16,17,18). The molecule has 0 spiro atoms. The predicted octanol–water partition coefficient (Wildman–Crippen LogP) is 2.33. The van der Waals surface area contributed by atoms with Gasteiger partial charge in [0.1, 0.15) is 5.82 Å². The summed E-state index contributed by atoms with van der Waals surface area (Å²) in [6.45, 7) is 1.95. The van der Waals surface area contributed by atoms with Crippen LogP contribution in [0.5, 0.6) is 0 Å². The van der Waals surface area contributed by atoms with Crippen molar-refractivity contribution in [1.82, 2.24) is 9.97 Å². The zero-order chi connectivity index (χ0) is 14.5. The van der Waals surface area contributed by atoms with Crippen LogP contribution in [-0.4, -0.2) is 28.0 Å². The molecule has 5 nitrogen and oxygen atoms in total. The Morgan fingerprint density at radius 2 is 2.11 bits per heavy atom. The van der Waals surface area contributed by atoms with E-state index in [0.717, 1.165) is 18.2 Å². The number of nitrogens with one attached hydrogen (secondary N) is 2. The summed E-state index contributed by atoms with van der Waals surface area (Å²) in [5.41, 5.74) is 1.01. The van der Waals surface area contributed by atoms with Gasteiger partial charge in [-0.2, -0.15) is 29.9 Å². The largest absolute Gasteiger partial charge is 0.433 e. The van der Waals surface area contributed by atoms with Crippen molar-refractivity contribution in [2.75, 3.05) is 22.8 Å². The third kappa shape index (κ3) is 4.75. The smallest absolute Gasteiger partial charge is 0.366 e. The molecule has 0 aliphatic rings. The maximum Gasteiger partial charge on any atom is 0.433 e. The molecule has 0 saturated carbocycles. The second kappa shape index (κ2) is 6.80. The normalized spacial score (nSPS) is 13.2. The number of hydrogen-bond donors (Lipinski definition) is 3. The van der Waals surface area contributed by atoms with Crippen molar-refractivity contribution in [2.45, 2.75) is 25.6 Å². The number of nitrogens with two attached hydrogens (primary N) is 1. The molecule has 1 heterocycles. The lowest BCUT2D eigenvalue weighted by Gasteiger charge is -2.17. The van der Waals surface area contributed by atoms with Gasteiger partial charge in [0.25, 0.3) is 0 Å². The number of rotatable bonds is 6. The number of nitrogens with zero attached hydrogens (tertiary/aromatic N) is 2. The first-order valence-corrected chi connectivity index (χ1v) is 6.98. The van der Waals surface area contributed by atoms with Crippen LogP contribution in [0.15, 0.2) is 6.07 Å². The van der Waals surface area contributed by atoms with E-state index in [1.54, 1.807) is 11.8 Å². The van der Waals surface area contributed by atoms with Crippen LogP contribution in [0.1, 0.15) is 19.0 Å². The van der Waals surface area contributed by atoms with Crippen LogP contribution in [0.4, 0.5) is 24.9 Å². The molecule has 0 fully saturated rings. The third-order valence-electron chi connectivity index (χ3n) is 2.36. The molecule has 19 heavy (non-hydrogen) atoms. The van der Waals surface area contributed by atoms with Crippen molar-refractivity contribution < 1.29 is 13.2 Å². The van der Waals surface area contributed by atoms with E-state index >= 15 is 0 Å². The lowest BCUT2D eigenvalue weighted by molar-refractivity contribution is -0.141. The minimum absolute atomic E-state index is 0.0385. The van der Waals surface area contributed by atoms with Crippen LogP contribution in [0.3, 0.4) is 0 Å². The van der Waals surface area contributed by atoms with Gasteiger partial charge in [-0.1, -0.05) is 6.92 Å². The van der Waals surface area contributed by atoms with Gasteiger partial charge in [0.15, 0.2) is 5.69 Å². The van der Waals surface area contributed by atoms with Crippen LogP contribution in [-0.2, 0) is 6.18 Å². The second-order valence-electron chi connectivity index (χ2n) is 3.81. The number of hydrazine groups is 1. The molecule has 0 aliphatic carbocycles. The summed E-state index contributed by atoms with van der Waals surface area (Å²) in [6, 6.07) is 0.917. The molecule has 0 bridgehead atoms. The van der Waals surface area contributed by atoms with E-state index in [4.69, 9.17) is 5.84 Å². The van der Waals surface area contributed by atoms with E-state index in [-0.39, 0.29) is 17.8 Å². The Morgan fingerprint density at radius 1 is 1.42 bits per heavy atom. The Morgan fingerprint density at radius 3 is 2.58 bits per heavy atom. The topological polar surface area (TPSA) is 75.9 Å². The summed E-state index contributed by atoms with van der Waals surface area (Å²) < 4.78 is 38.0. The minimum Gasteiger partial charge on any atom is -0.366 e. The predicted molar refractivity (Wildman–Crippen MR) is 70.9 cm³/mol. The highest BCUT2D eigenvalue weighted by molar-refractivity contribution is 7.98. The minimum atomic E-state index is -4.54. The maximum atomic E-state index is 12.7. The second-order valence-corrected chi connectivity index (χ2v) is 4.72. The van der Waals surface area contributed by atoms with Crippen molar-refractivity contribution in [3.8, 4) is 0 Å². The molecule has 0 saturated heterocycles. The van der Waals surface area contributed by atoms with Crippen LogP contribution in [0, 0.1) is 0 Å². The highest BCUT2D eigenvalue weighted by Gasteiger charge is 2.33. The molecule has 0 radical (unpaired) electrons. The number of thioether (sulfide) groups is 1. The van der Waals surface area contributed by atoms with Crippen molar-refractivity contribution in [2.24, 2.45) is 5.84 Å². The fourth-order valence-electron chi connectivity index (χ4n) is 1.40. The number of alkyl halides is 3. The maximum absolute atomic E-state index is 12.7. The van der Waals surface area contributed by atoms with Gasteiger partial charge in [0.05, 0.1) is 0 Å². The highest BCUT2D eigenvalue weighted by atomic mass is 32.2. The molecule has 1 rings (SSSR count). The SMILES string of the molecule is CCC(CSC)Nc1cc(C(F)(F)F)nc(NN)n1. The Hall–Kier alpha value is -1.22. The fourth-order valence-corrected chi connectivity index (χ4v) is 2.12. The quantitative estimate of drug-likeness (QED) is 0.552. The van der Waals surface area contributed by atoms with Gasteiger partial charge in [-0.05, 0) is 12.7 Å². The number of halogens is 3. The van der Waals surface area contributed by atoms with Gasteiger partial charge in [0, 0.05) is 17.9 Å². The molecule has 9 heteroatoms. The lowest BCUT2D eigenvalue weighted by Crippen LogP contribution is -2.23. The Labute approximate surface area is 113 Å². The van der Waals surface area contributed by atoms with E-state index in [1.165, 1.54) is 0 Å². The number of nitrogen functional groups attached to an aromatic ring is 1. The molecule has 0 amide bonds. The van der Waals surface area contributed by atoms with Crippen LogP contribution >= 0.6 is 11.8 Å². The fraction of sp³-hybridized carbons (Fsp3) is 0.600. The van der Waals surface area contributed by atoms with E-state index in [0.29, 0.717) is 0 Å². The Bertz CT molecular complexity index is 413. The van der Waals surface area contributed by atoms with Crippen molar-refractivity contribution in [3.63, 3.8) is 0 Å². The Balaban J connectivity index is 3.00. The van der Waals surface area contributed by atoms with Crippen LogP contribution < -0.4 is 16.6 Å². The van der Waals surface area contributed by atoms with Crippen molar-refractivity contribution in [1.29, 1.82) is 0 Å². The summed E-state index contributed by atoms with van der Waals surface area (Å²) in [7, 11) is 0. The van der Waals surface area contributed by atoms with Crippen LogP contribution in [0.2, 0.25) is 0 Å². The molecule has 0 aliphatic heterocycles. The number of hydrogen-bond acceptors (Lipinski definition) is 6. The van der Waals surface area contributed by atoms with E-state index < -0.39 is 11.9 Å². The summed E-state index contributed by atoms with van der Waals surface area (Å²) in [5, 5.41) is 2.95. The van der Waals surface area contributed by atoms with Crippen molar-refractivity contribution in [3.05, 3.63) is 11.8 Å². The number of aromatic nitrogens is 2. The molecule has 1 aromatic heterocycles. The molecular weight excluding hydrogens is 279 g/mol. The average molecular weight is 295 g/mol. The summed E-state index contributed by atoms with van der Waals surface area (Å²) in [5.74, 6) is 5.69. The first-order chi connectivity index (χ1) is 8.90. The molecule has 1 atom stereocenters. The van der Waals surface area contributed by atoms with Crippen molar-refractivity contribution >= 4 is 23.5 Å². The Kier molecular flexibility index (Phi) is 5.67. The lowest BCUT2D eigenvalue weighted by atomic mass is 10.2. The van der Waals surface area contributed by atoms with Gasteiger partial charge in [0.2, 0.25) is 5.95 Å². The highest BCUT2D eigenvalue weighted by Crippen LogP contribution is 2.29.